The number of benzene rings is 2. The third kappa shape index (κ3) is 4.20. The summed E-state index contributed by atoms with van der Waals surface area (Å²) >= 11 is 11.6. The van der Waals surface area contributed by atoms with Crippen molar-refractivity contribution in [1.29, 1.82) is 0 Å². The smallest absolute Gasteiger partial charge is 0.203 e. The number of nitrogens with zero attached hydrogens (tertiary/aromatic N) is 3. The first-order valence-corrected chi connectivity index (χ1v) is 9.26. The van der Waals surface area contributed by atoms with Gasteiger partial charge in [-0.1, -0.05) is 23.7 Å². The molecule has 0 aliphatic heterocycles. The molecule has 3 aromatic rings. The van der Waals surface area contributed by atoms with E-state index in [-0.39, 0.29) is 5.82 Å². The minimum absolute atomic E-state index is 0.216. The van der Waals surface area contributed by atoms with E-state index in [1.807, 2.05) is 53.6 Å². The Morgan fingerprint density at radius 3 is 2.58 bits per heavy atom. The number of aromatic nitrogens is 3. The van der Waals surface area contributed by atoms with E-state index in [0.717, 1.165) is 28.4 Å². The average Bonchev–Trinajstić information content (AvgIpc) is 2.91. The minimum atomic E-state index is -0.216. The molecule has 1 unspecified atom stereocenters. The van der Waals surface area contributed by atoms with Gasteiger partial charge in [-0.25, -0.2) is 4.39 Å². The van der Waals surface area contributed by atoms with Gasteiger partial charge in [-0.2, -0.15) is 4.68 Å². The molecule has 1 N–H and O–H groups in total. The van der Waals surface area contributed by atoms with Crippen LogP contribution < -0.4 is 4.90 Å². The van der Waals surface area contributed by atoms with Gasteiger partial charge in [-0.3, -0.25) is 0 Å². The summed E-state index contributed by atoms with van der Waals surface area (Å²) in [5.74, 6) is 0.611. The Kier molecular flexibility index (Phi) is 5.86. The summed E-state index contributed by atoms with van der Waals surface area (Å²) in [5, 5.41) is 5.41. The second-order valence-electron chi connectivity index (χ2n) is 6.28. The van der Waals surface area contributed by atoms with Gasteiger partial charge in [0.15, 0.2) is 12.5 Å². The molecule has 0 saturated carbocycles. The summed E-state index contributed by atoms with van der Waals surface area (Å²) in [6.07, 6.45) is 0. The van der Waals surface area contributed by atoms with Gasteiger partial charge in [0.2, 0.25) is 4.77 Å². The van der Waals surface area contributed by atoms with Crippen LogP contribution in [0.15, 0.2) is 48.5 Å². The normalized spacial score (nSPS) is 12.3. The highest BCUT2D eigenvalue weighted by Gasteiger charge is 2.14. The molecular formula is C19H21ClFN4S+. The molecule has 0 bridgehead atoms. The number of quaternary nitrogens is 1. The molecule has 1 heterocycles. The zero-order chi connectivity index (χ0) is 18.7. The lowest BCUT2D eigenvalue weighted by atomic mass is 10.2. The van der Waals surface area contributed by atoms with Gasteiger partial charge in [0.25, 0.3) is 0 Å². The van der Waals surface area contributed by atoms with E-state index in [9.17, 15) is 4.39 Å². The third-order valence-electron chi connectivity index (χ3n) is 4.16. The molecule has 136 valence electrons. The fraction of sp³-hybridized carbons (Fsp3) is 0.263. The van der Waals surface area contributed by atoms with Gasteiger partial charge in [0, 0.05) is 22.7 Å². The highest BCUT2D eigenvalue weighted by molar-refractivity contribution is 7.71. The maximum absolute atomic E-state index is 13.4. The molecule has 0 saturated heterocycles. The minimum Gasteiger partial charge on any atom is -0.315 e. The lowest BCUT2D eigenvalue weighted by molar-refractivity contribution is -0.917. The molecule has 2 aromatic carbocycles. The molecular weight excluding hydrogens is 371 g/mol. The van der Waals surface area contributed by atoms with Crippen LogP contribution in [0.1, 0.15) is 12.5 Å². The van der Waals surface area contributed by atoms with E-state index in [2.05, 4.69) is 0 Å². The highest BCUT2D eigenvalue weighted by atomic mass is 35.5. The van der Waals surface area contributed by atoms with Crippen LogP contribution >= 0.6 is 23.8 Å². The molecule has 0 spiro atoms. The standard InChI is InChI=1S/C19H20ClFN4S/c1-3-24-18(15-7-9-16(20)10-8-15)22-25(19(24)26)13-23(2)12-14-5-4-6-17(21)11-14/h4-11H,3,12-13H2,1-2H3/p+1. The second-order valence-corrected chi connectivity index (χ2v) is 7.08. The van der Waals surface area contributed by atoms with Crippen molar-refractivity contribution in [1.82, 2.24) is 14.3 Å². The number of hydrogen-bond donors (Lipinski definition) is 1. The molecule has 0 fully saturated rings. The Bertz CT molecular complexity index is 949. The van der Waals surface area contributed by atoms with Crippen molar-refractivity contribution in [3.63, 3.8) is 0 Å². The van der Waals surface area contributed by atoms with Crippen LogP contribution in [0, 0.1) is 10.6 Å². The summed E-state index contributed by atoms with van der Waals surface area (Å²) in [4.78, 5) is 1.16. The quantitative estimate of drug-likeness (QED) is 0.650. The van der Waals surface area contributed by atoms with E-state index in [1.54, 1.807) is 12.1 Å². The topological polar surface area (TPSA) is 27.2 Å². The van der Waals surface area contributed by atoms with E-state index in [1.165, 1.54) is 6.07 Å². The second kappa shape index (κ2) is 8.12. The fourth-order valence-corrected chi connectivity index (χ4v) is 3.40. The van der Waals surface area contributed by atoms with Crippen LogP contribution in [0.2, 0.25) is 5.02 Å². The Labute approximate surface area is 162 Å². The summed E-state index contributed by atoms with van der Waals surface area (Å²) < 4.78 is 17.9. The highest BCUT2D eigenvalue weighted by Crippen LogP contribution is 2.20. The Balaban J connectivity index is 1.84. The number of nitrogens with one attached hydrogen (secondary N) is 1. The maximum Gasteiger partial charge on any atom is 0.203 e. The van der Waals surface area contributed by atoms with Crippen molar-refractivity contribution in [3.8, 4) is 11.4 Å². The van der Waals surface area contributed by atoms with Gasteiger partial charge in [-0.15, -0.1) is 5.10 Å². The largest absolute Gasteiger partial charge is 0.315 e. The first-order chi connectivity index (χ1) is 12.5. The molecule has 0 aliphatic carbocycles. The van der Waals surface area contributed by atoms with Crippen molar-refractivity contribution in [2.75, 3.05) is 7.05 Å². The van der Waals surface area contributed by atoms with Crippen molar-refractivity contribution < 1.29 is 9.29 Å². The molecule has 0 radical (unpaired) electrons. The van der Waals surface area contributed by atoms with Gasteiger partial charge in [-0.05, 0) is 55.5 Å². The molecule has 1 atom stereocenters. The maximum atomic E-state index is 13.4. The molecule has 1 aromatic heterocycles. The van der Waals surface area contributed by atoms with Gasteiger partial charge < -0.3 is 9.47 Å². The summed E-state index contributed by atoms with van der Waals surface area (Å²) in [5.41, 5.74) is 1.92. The number of hydrogen-bond acceptors (Lipinski definition) is 2. The third-order valence-corrected chi connectivity index (χ3v) is 4.84. The summed E-state index contributed by atoms with van der Waals surface area (Å²) in [7, 11) is 2.04. The molecule has 7 heteroatoms. The van der Waals surface area contributed by atoms with E-state index >= 15 is 0 Å². The Morgan fingerprint density at radius 1 is 1.19 bits per heavy atom. The average molecular weight is 392 g/mol. The van der Waals surface area contributed by atoms with E-state index in [4.69, 9.17) is 28.9 Å². The Morgan fingerprint density at radius 2 is 1.92 bits per heavy atom. The molecule has 0 aliphatic rings. The van der Waals surface area contributed by atoms with Crippen LogP contribution in [0.4, 0.5) is 4.39 Å². The molecule has 26 heavy (non-hydrogen) atoms. The zero-order valence-electron chi connectivity index (χ0n) is 14.7. The predicted molar refractivity (Wildman–Crippen MR) is 104 cm³/mol. The number of rotatable bonds is 6. The van der Waals surface area contributed by atoms with Crippen LogP contribution in [-0.2, 0) is 19.8 Å². The van der Waals surface area contributed by atoms with E-state index < -0.39 is 0 Å². The summed E-state index contributed by atoms with van der Waals surface area (Å²) in [6.45, 7) is 4.07. The van der Waals surface area contributed by atoms with Crippen LogP contribution in [0.3, 0.4) is 0 Å². The van der Waals surface area contributed by atoms with Gasteiger partial charge in [0.05, 0.1) is 7.05 Å². The van der Waals surface area contributed by atoms with Crippen LogP contribution in [0.25, 0.3) is 11.4 Å². The molecule has 3 rings (SSSR count). The van der Waals surface area contributed by atoms with Crippen molar-refractivity contribution in [2.45, 2.75) is 26.7 Å². The van der Waals surface area contributed by atoms with Crippen LogP contribution in [0.5, 0.6) is 0 Å². The lowest BCUT2D eigenvalue weighted by Gasteiger charge is -2.13. The zero-order valence-corrected chi connectivity index (χ0v) is 16.3. The van der Waals surface area contributed by atoms with Crippen molar-refractivity contribution in [3.05, 3.63) is 69.7 Å². The molecule has 4 nitrogen and oxygen atoms in total. The van der Waals surface area contributed by atoms with Crippen molar-refractivity contribution in [2.24, 2.45) is 0 Å². The SMILES string of the molecule is CCn1c(-c2ccc(Cl)cc2)nn(C[NH+](C)Cc2cccc(F)c2)c1=S. The van der Waals surface area contributed by atoms with Gasteiger partial charge >= 0.3 is 0 Å². The van der Waals surface area contributed by atoms with E-state index in [0.29, 0.717) is 23.0 Å². The monoisotopic (exact) mass is 391 g/mol. The Hall–Kier alpha value is -2.02. The summed E-state index contributed by atoms with van der Waals surface area (Å²) in [6, 6.07) is 14.3. The predicted octanol–water partition coefficient (Wildman–Crippen LogP) is 3.57. The first kappa shape index (κ1) is 18.8. The molecule has 0 amide bonds. The van der Waals surface area contributed by atoms with Gasteiger partial charge in [0.1, 0.15) is 12.4 Å². The lowest BCUT2D eigenvalue weighted by Crippen LogP contribution is -3.07. The van der Waals surface area contributed by atoms with Crippen LogP contribution in [-0.4, -0.2) is 21.4 Å². The number of halogens is 2. The van der Waals surface area contributed by atoms with Crippen molar-refractivity contribution >= 4 is 23.8 Å². The fourth-order valence-electron chi connectivity index (χ4n) is 2.95. The first-order valence-electron chi connectivity index (χ1n) is 8.47.